The molecule has 1 heterocycles. The van der Waals surface area contributed by atoms with Crippen LogP contribution >= 0.6 is 12.6 Å². The lowest BCUT2D eigenvalue weighted by Gasteiger charge is -2.08. The molecule has 1 aliphatic rings. The minimum atomic E-state index is -1.06. The van der Waals surface area contributed by atoms with Gasteiger partial charge in [0.25, 0.3) is 5.91 Å². The number of hydrogen-bond donors (Lipinski definition) is 5. The molecular formula is C8H15N3O5S. The fourth-order valence-electron chi connectivity index (χ4n) is 0.785. The lowest BCUT2D eigenvalue weighted by molar-refractivity contribution is -0.140. The summed E-state index contributed by atoms with van der Waals surface area (Å²) in [6, 6.07) is -1.33. The fourth-order valence-corrected chi connectivity index (χ4v) is 1.03. The number of nitrogens with one attached hydrogen (secondary N) is 2. The van der Waals surface area contributed by atoms with E-state index in [1.54, 1.807) is 0 Å². The van der Waals surface area contributed by atoms with E-state index in [1.165, 1.54) is 6.92 Å². The zero-order chi connectivity index (χ0) is 13.4. The number of aliphatic carboxylic acids is 1. The molecular weight excluding hydrogens is 250 g/mol. The molecule has 1 unspecified atom stereocenters. The van der Waals surface area contributed by atoms with E-state index in [0.717, 1.165) is 0 Å². The third kappa shape index (κ3) is 6.76. The van der Waals surface area contributed by atoms with E-state index in [2.05, 4.69) is 28.3 Å². The van der Waals surface area contributed by atoms with Crippen LogP contribution in [0.1, 0.15) is 6.92 Å². The first-order valence-electron chi connectivity index (χ1n) is 4.66. The maximum atomic E-state index is 10.3. The van der Waals surface area contributed by atoms with E-state index in [4.69, 9.17) is 10.8 Å². The summed E-state index contributed by atoms with van der Waals surface area (Å²) in [6.07, 6.45) is 0. The molecule has 0 spiro atoms. The maximum Gasteiger partial charge on any atom is 0.327 e. The maximum absolute atomic E-state index is 10.3. The predicted octanol–water partition coefficient (Wildman–Crippen LogP) is -2.12. The van der Waals surface area contributed by atoms with Crippen LogP contribution in [0.15, 0.2) is 0 Å². The minimum Gasteiger partial charge on any atom is -0.480 e. The van der Waals surface area contributed by atoms with Crippen molar-refractivity contribution in [3.8, 4) is 0 Å². The van der Waals surface area contributed by atoms with Crippen molar-refractivity contribution in [1.82, 2.24) is 10.8 Å². The Hall–Kier alpha value is -1.32. The first kappa shape index (κ1) is 15.7. The van der Waals surface area contributed by atoms with E-state index < -0.39 is 18.1 Å². The summed E-state index contributed by atoms with van der Waals surface area (Å²) in [5.74, 6) is -1.55. The van der Waals surface area contributed by atoms with E-state index in [0.29, 0.717) is 6.61 Å². The second kappa shape index (κ2) is 7.87. The fraction of sp³-hybridized carbons (Fsp3) is 0.625. The van der Waals surface area contributed by atoms with Crippen molar-refractivity contribution in [3.63, 3.8) is 0 Å². The number of carbonyl (C=O) groups is 3. The molecule has 8 nitrogen and oxygen atoms in total. The molecule has 0 aromatic rings. The Morgan fingerprint density at radius 2 is 2.35 bits per heavy atom. The topological polar surface area (TPSA) is 131 Å². The zero-order valence-electron chi connectivity index (χ0n) is 9.17. The lowest BCUT2D eigenvalue weighted by atomic mass is 10.3. The van der Waals surface area contributed by atoms with Crippen LogP contribution in [-0.2, 0) is 19.2 Å². The Morgan fingerprint density at radius 3 is 2.47 bits per heavy atom. The highest BCUT2D eigenvalue weighted by Gasteiger charge is 2.19. The summed E-state index contributed by atoms with van der Waals surface area (Å²) >= 11 is 3.73. The molecule has 1 aliphatic heterocycles. The van der Waals surface area contributed by atoms with Crippen LogP contribution in [0.25, 0.3) is 0 Å². The molecule has 5 N–H and O–H groups in total. The van der Waals surface area contributed by atoms with Crippen molar-refractivity contribution in [1.29, 1.82) is 0 Å². The number of thiol groups is 1. The number of nitrogens with two attached hydrogens (primary N) is 1. The van der Waals surface area contributed by atoms with E-state index in [1.807, 2.05) is 0 Å². The Labute approximate surface area is 103 Å². The Bertz CT molecular complexity index is 299. The smallest absolute Gasteiger partial charge is 0.327 e. The SMILES string of the molecule is CC(=O)N[C@@H](CS)C(=O)O.NC1CONC1=O. The van der Waals surface area contributed by atoms with Crippen molar-refractivity contribution < 1.29 is 24.3 Å². The number of amides is 2. The summed E-state index contributed by atoms with van der Waals surface area (Å²) in [4.78, 5) is 35.2. The van der Waals surface area contributed by atoms with Gasteiger partial charge in [-0.2, -0.15) is 12.6 Å². The van der Waals surface area contributed by atoms with Gasteiger partial charge in [-0.25, -0.2) is 10.3 Å². The molecule has 2 amide bonds. The van der Waals surface area contributed by atoms with Gasteiger partial charge in [0.15, 0.2) is 0 Å². The average molecular weight is 265 g/mol. The third-order valence-corrected chi connectivity index (χ3v) is 2.00. The highest BCUT2D eigenvalue weighted by atomic mass is 32.1. The zero-order valence-corrected chi connectivity index (χ0v) is 10.1. The van der Waals surface area contributed by atoms with Crippen LogP contribution in [0, 0.1) is 0 Å². The molecule has 0 aliphatic carbocycles. The van der Waals surface area contributed by atoms with Crippen LogP contribution in [0.2, 0.25) is 0 Å². The largest absolute Gasteiger partial charge is 0.480 e. The van der Waals surface area contributed by atoms with Crippen molar-refractivity contribution >= 4 is 30.4 Å². The summed E-state index contributed by atoms with van der Waals surface area (Å²) in [7, 11) is 0. The molecule has 17 heavy (non-hydrogen) atoms. The van der Waals surface area contributed by atoms with Crippen molar-refractivity contribution in [3.05, 3.63) is 0 Å². The summed E-state index contributed by atoms with van der Waals surface area (Å²) in [5.41, 5.74) is 7.25. The van der Waals surface area contributed by atoms with Gasteiger partial charge in [-0.1, -0.05) is 0 Å². The van der Waals surface area contributed by atoms with Gasteiger partial charge in [0.2, 0.25) is 5.91 Å². The highest BCUT2D eigenvalue weighted by molar-refractivity contribution is 7.80. The number of hydrogen-bond acceptors (Lipinski definition) is 6. The Kier molecular flexibility index (Phi) is 7.26. The van der Waals surface area contributed by atoms with Gasteiger partial charge in [0, 0.05) is 12.7 Å². The molecule has 1 fully saturated rings. The molecule has 1 rings (SSSR count). The number of carboxylic acids is 1. The second-order valence-corrected chi connectivity index (χ2v) is 3.52. The minimum absolute atomic E-state index is 0.106. The second-order valence-electron chi connectivity index (χ2n) is 3.16. The monoisotopic (exact) mass is 265 g/mol. The normalized spacial score (nSPS) is 19.7. The molecule has 0 aromatic heterocycles. The van der Waals surface area contributed by atoms with E-state index in [9.17, 15) is 14.4 Å². The van der Waals surface area contributed by atoms with Crippen LogP contribution in [0.4, 0.5) is 0 Å². The van der Waals surface area contributed by atoms with Gasteiger partial charge in [-0.05, 0) is 0 Å². The first-order chi connectivity index (χ1) is 7.88. The average Bonchev–Trinajstić information content (AvgIpc) is 2.60. The number of carbonyl (C=O) groups excluding carboxylic acids is 2. The molecule has 2 atom stereocenters. The molecule has 0 bridgehead atoms. The predicted molar refractivity (Wildman–Crippen MR) is 61.2 cm³/mol. The summed E-state index contributed by atoms with van der Waals surface area (Å²) in [6.45, 7) is 1.55. The number of rotatable bonds is 3. The van der Waals surface area contributed by atoms with Crippen molar-refractivity contribution in [2.45, 2.75) is 19.0 Å². The van der Waals surface area contributed by atoms with Crippen molar-refractivity contribution in [2.75, 3.05) is 12.4 Å². The van der Waals surface area contributed by atoms with Crippen molar-refractivity contribution in [2.24, 2.45) is 5.73 Å². The molecule has 0 radical (unpaired) electrons. The van der Waals surface area contributed by atoms with Crippen LogP contribution in [0.3, 0.4) is 0 Å². The van der Waals surface area contributed by atoms with Gasteiger partial charge < -0.3 is 16.2 Å². The third-order valence-electron chi connectivity index (χ3n) is 1.63. The quantitative estimate of drug-likeness (QED) is 0.371. The van der Waals surface area contributed by atoms with Gasteiger partial charge in [-0.3, -0.25) is 14.4 Å². The molecule has 98 valence electrons. The van der Waals surface area contributed by atoms with Crippen LogP contribution < -0.4 is 16.5 Å². The molecule has 0 saturated carbocycles. The Balaban J connectivity index is 0.000000318. The van der Waals surface area contributed by atoms with Crippen LogP contribution in [-0.4, -0.2) is 47.3 Å². The van der Waals surface area contributed by atoms with Gasteiger partial charge in [0.05, 0.1) is 6.61 Å². The van der Waals surface area contributed by atoms with Gasteiger partial charge in [-0.15, -0.1) is 0 Å². The number of hydroxylamine groups is 1. The van der Waals surface area contributed by atoms with Crippen LogP contribution in [0.5, 0.6) is 0 Å². The molecule has 1 saturated heterocycles. The summed E-state index contributed by atoms with van der Waals surface area (Å²) in [5, 5.41) is 10.6. The molecule has 9 heteroatoms. The standard InChI is InChI=1S/C5H9NO3S.C3H6N2O2/c1-3(7)6-4(2-10)5(8)9;4-2-1-7-5-3(2)6/h4,10H,2H2,1H3,(H,6,7)(H,8,9);2H,1,4H2,(H,5,6)/t4-;/m0./s1. The van der Waals surface area contributed by atoms with E-state index in [-0.39, 0.29) is 17.6 Å². The molecule has 0 aromatic carbocycles. The Morgan fingerprint density at radius 1 is 1.76 bits per heavy atom. The van der Waals surface area contributed by atoms with Gasteiger partial charge in [0.1, 0.15) is 12.1 Å². The number of carboxylic acid groups (broad SMARTS) is 1. The summed E-state index contributed by atoms with van der Waals surface area (Å²) < 4.78 is 0. The van der Waals surface area contributed by atoms with Gasteiger partial charge >= 0.3 is 5.97 Å². The first-order valence-corrected chi connectivity index (χ1v) is 5.29. The highest BCUT2D eigenvalue weighted by Crippen LogP contribution is 1.87. The van der Waals surface area contributed by atoms with E-state index >= 15 is 0 Å². The lowest BCUT2D eigenvalue weighted by Crippen LogP contribution is -2.40.